The Hall–Kier alpha value is -2.31. The van der Waals surface area contributed by atoms with Crippen molar-refractivity contribution in [2.45, 2.75) is 37.5 Å². The molecular formula is C25H28F3NO2. The lowest BCUT2D eigenvalue weighted by molar-refractivity contribution is -0.214. The van der Waals surface area contributed by atoms with Crippen molar-refractivity contribution in [2.24, 2.45) is 0 Å². The zero-order chi connectivity index (χ0) is 22.1. The van der Waals surface area contributed by atoms with Crippen LogP contribution in [0.3, 0.4) is 0 Å². The predicted molar refractivity (Wildman–Crippen MR) is 115 cm³/mol. The van der Waals surface area contributed by atoms with Crippen LogP contribution in [0.1, 0.15) is 47.9 Å². The van der Waals surface area contributed by atoms with E-state index in [9.17, 15) is 13.2 Å². The van der Waals surface area contributed by atoms with Gasteiger partial charge in [0, 0.05) is 25.4 Å². The maximum absolute atomic E-state index is 12.8. The van der Waals surface area contributed by atoms with E-state index in [1.54, 1.807) is 12.1 Å². The van der Waals surface area contributed by atoms with Crippen molar-refractivity contribution < 1.29 is 22.6 Å². The molecule has 0 aromatic heterocycles. The minimum Gasteiger partial charge on any atom is -0.375 e. The highest BCUT2D eigenvalue weighted by molar-refractivity contribution is 5.62. The van der Waals surface area contributed by atoms with Crippen LogP contribution in [0.4, 0.5) is 13.2 Å². The smallest absolute Gasteiger partial charge is 0.375 e. The van der Waals surface area contributed by atoms with E-state index in [-0.39, 0.29) is 11.5 Å². The third kappa shape index (κ3) is 4.51. The van der Waals surface area contributed by atoms with Crippen LogP contribution in [0.15, 0.2) is 55.1 Å². The normalized spacial score (nSPS) is 19.2. The molecule has 2 aromatic rings. The molecule has 0 N–H and O–H groups in total. The van der Waals surface area contributed by atoms with Crippen LogP contribution in [0.25, 0.3) is 5.70 Å². The van der Waals surface area contributed by atoms with Crippen LogP contribution >= 0.6 is 0 Å². The standard InChI is InChI=1S/C25H28F3NO2/c1-3-31-24(16-30-17-24)22-8-4-19(5-9-22)18(2)29-14-12-21(13-15-29)20-6-10-23(11-7-20)25(26,27)28/h4-11,21H,2-3,12-17H2,1H3. The maximum atomic E-state index is 12.8. The third-order valence-corrected chi connectivity index (χ3v) is 6.42. The molecule has 0 aliphatic carbocycles. The van der Waals surface area contributed by atoms with Gasteiger partial charge in [-0.1, -0.05) is 43.0 Å². The molecule has 2 heterocycles. The van der Waals surface area contributed by atoms with Crippen molar-refractivity contribution in [3.05, 3.63) is 77.4 Å². The summed E-state index contributed by atoms with van der Waals surface area (Å²) in [6, 6.07) is 14.0. The molecule has 2 aliphatic heterocycles. The lowest BCUT2D eigenvalue weighted by Crippen LogP contribution is -2.49. The number of alkyl halides is 3. The number of rotatable bonds is 6. The van der Waals surface area contributed by atoms with Gasteiger partial charge in [-0.15, -0.1) is 0 Å². The third-order valence-electron chi connectivity index (χ3n) is 6.42. The van der Waals surface area contributed by atoms with Gasteiger partial charge in [-0.05, 0) is 54.5 Å². The number of piperidine rings is 1. The Kier molecular flexibility index (Phi) is 6.13. The molecule has 4 rings (SSSR count). The highest BCUT2D eigenvalue weighted by Crippen LogP contribution is 2.36. The molecule has 2 fully saturated rings. The Morgan fingerprint density at radius 2 is 1.68 bits per heavy atom. The number of nitrogens with zero attached hydrogens (tertiary/aromatic N) is 1. The van der Waals surface area contributed by atoms with Crippen LogP contribution in [0, 0.1) is 0 Å². The highest BCUT2D eigenvalue weighted by Gasteiger charge is 2.41. The Labute approximate surface area is 181 Å². The molecule has 0 radical (unpaired) electrons. The molecule has 166 valence electrons. The van der Waals surface area contributed by atoms with E-state index in [4.69, 9.17) is 9.47 Å². The Balaban J connectivity index is 1.36. The molecule has 6 heteroatoms. The van der Waals surface area contributed by atoms with Gasteiger partial charge >= 0.3 is 6.18 Å². The highest BCUT2D eigenvalue weighted by atomic mass is 19.4. The summed E-state index contributed by atoms with van der Waals surface area (Å²) in [5.74, 6) is 0.276. The van der Waals surface area contributed by atoms with Crippen LogP contribution in [-0.4, -0.2) is 37.8 Å². The maximum Gasteiger partial charge on any atom is 0.416 e. The van der Waals surface area contributed by atoms with Crippen molar-refractivity contribution in [2.75, 3.05) is 32.9 Å². The molecule has 0 bridgehead atoms. The average Bonchev–Trinajstić information content (AvgIpc) is 2.75. The number of benzene rings is 2. The molecule has 0 saturated carbocycles. The number of ether oxygens (including phenoxy) is 2. The predicted octanol–water partition coefficient (Wildman–Crippen LogP) is 5.82. The summed E-state index contributed by atoms with van der Waals surface area (Å²) in [4.78, 5) is 2.26. The Morgan fingerprint density at radius 3 is 2.16 bits per heavy atom. The number of halogens is 3. The average molecular weight is 431 g/mol. The van der Waals surface area contributed by atoms with Gasteiger partial charge in [0.15, 0.2) is 0 Å². The lowest BCUT2D eigenvalue weighted by Gasteiger charge is -2.41. The number of hydrogen-bond donors (Lipinski definition) is 0. The minimum atomic E-state index is -4.29. The molecule has 3 nitrogen and oxygen atoms in total. The zero-order valence-electron chi connectivity index (χ0n) is 17.8. The SMILES string of the molecule is C=C(c1ccc(C2(OCC)COC2)cc1)N1CCC(c2ccc(C(F)(F)F)cc2)CC1. The summed E-state index contributed by atoms with van der Waals surface area (Å²) < 4.78 is 49.7. The van der Waals surface area contributed by atoms with Gasteiger partial charge in [0.1, 0.15) is 5.60 Å². The largest absolute Gasteiger partial charge is 0.416 e. The summed E-state index contributed by atoms with van der Waals surface area (Å²) in [6.07, 6.45) is -2.50. The molecule has 2 aromatic carbocycles. The summed E-state index contributed by atoms with van der Waals surface area (Å²) in [6.45, 7) is 9.76. The first kappa shape index (κ1) is 21.9. The molecular weight excluding hydrogens is 403 g/mol. The Morgan fingerprint density at radius 1 is 1.06 bits per heavy atom. The van der Waals surface area contributed by atoms with Crippen molar-refractivity contribution >= 4 is 5.70 Å². The van der Waals surface area contributed by atoms with Crippen molar-refractivity contribution in [3.63, 3.8) is 0 Å². The van der Waals surface area contributed by atoms with Crippen molar-refractivity contribution in [3.8, 4) is 0 Å². The molecule has 0 amide bonds. The molecule has 0 spiro atoms. The van der Waals surface area contributed by atoms with E-state index in [1.807, 2.05) is 6.92 Å². The van der Waals surface area contributed by atoms with Crippen molar-refractivity contribution in [1.82, 2.24) is 4.90 Å². The van der Waals surface area contributed by atoms with Gasteiger partial charge < -0.3 is 14.4 Å². The summed E-state index contributed by atoms with van der Waals surface area (Å²) >= 11 is 0. The van der Waals surface area contributed by atoms with Crippen LogP contribution in [0.2, 0.25) is 0 Å². The first-order valence-electron chi connectivity index (χ1n) is 10.8. The molecule has 2 aliphatic rings. The second-order valence-electron chi connectivity index (χ2n) is 8.33. The summed E-state index contributed by atoms with van der Waals surface area (Å²) in [7, 11) is 0. The number of likely N-dealkylation sites (tertiary alicyclic amines) is 1. The summed E-state index contributed by atoms with van der Waals surface area (Å²) in [5.41, 5.74) is 3.24. The quantitative estimate of drug-likeness (QED) is 0.576. The second kappa shape index (κ2) is 8.67. The van der Waals surface area contributed by atoms with Gasteiger partial charge in [-0.3, -0.25) is 0 Å². The first-order valence-corrected chi connectivity index (χ1v) is 10.8. The van der Waals surface area contributed by atoms with E-state index >= 15 is 0 Å². The lowest BCUT2D eigenvalue weighted by atomic mass is 9.88. The summed E-state index contributed by atoms with van der Waals surface area (Å²) in [5, 5.41) is 0. The first-order chi connectivity index (χ1) is 14.8. The fraction of sp³-hybridized carbons (Fsp3) is 0.440. The van der Waals surface area contributed by atoms with E-state index in [0.29, 0.717) is 19.8 Å². The van der Waals surface area contributed by atoms with Crippen LogP contribution < -0.4 is 0 Å². The van der Waals surface area contributed by atoms with E-state index in [1.165, 1.54) is 12.1 Å². The second-order valence-corrected chi connectivity index (χ2v) is 8.33. The zero-order valence-corrected chi connectivity index (χ0v) is 17.8. The van der Waals surface area contributed by atoms with Gasteiger partial charge in [0.05, 0.1) is 18.8 Å². The molecule has 0 unspecified atom stereocenters. The van der Waals surface area contributed by atoms with Crippen molar-refractivity contribution in [1.29, 1.82) is 0 Å². The van der Waals surface area contributed by atoms with E-state index in [2.05, 4.69) is 35.7 Å². The number of hydrogen-bond acceptors (Lipinski definition) is 3. The van der Waals surface area contributed by atoms with Gasteiger partial charge in [-0.25, -0.2) is 0 Å². The Bertz CT molecular complexity index is 894. The topological polar surface area (TPSA) is 21.7 Å². The van der Waals surface area contributed by atoms with Gasteiger partial charge in [0.2, 0.25) is 0 Å². The van der Waals surface area contributed by atoms with Gasteiger partial charge in [0.25, 0.3) is 0 Å². The molecule has 0 atom stereocenters. The van der Waals surface area contributed by atoms with Crippen LogP contribution in [-0.2, 0) is 21.3 Å². The van der Waals surface area contributed by atoms with Crippen LogP contribution in [0.5, 0.6) is 0 Å². The van der Waals surface area contributed by atoms with Gasteiger partial charge in [-0.2, -0.15) is 13.2 Å². The fourth-order valence-corrected chi connectivity index (χ4v) is 4.47. The molecule has 2 saturated heterocycles. The minimum absolute atomic E-state index is 0.276. The van der Waals surface area contributed by atoms with E-state index in [0.717, 1.165) is 48.3 Å². The molecule has 31 heavy (non-hydrogen) atoms. The fourth-order valence-electron chi connectivity index (χ4n) is 4.47. The van der Waals surface area contributed by atoms with E-state index < -0.39 is 11.7 Å². The monoisotopic (exact) mass is 431 g/mol.